The maximum Gasteiger partial charge on any atom is 0.126 e. The molecule has 0 fully saturated rings. The lowest BCUT2D eigenvalue weighted by Gasteiger charge is -1.91. The van der Waals surface area contributed by atoms with Crippen molar-refractivity contribution in [3.8, 4) is 0 Å². The fraction of sp³-hybridized carbons (Fsp3) is 0. The Hall–Kier alpha value is -0.900. The van der Waals surface area contributed by atoms with Crippen LogP contribution in [0.3, 0.4) is 0 Å². The molecule has 1 aromatic heterocycles. The molecular weight excluding hydrogens is 211 g/mol. The Labute approximate surface area is 70.6 Å². The van der Waals surface area contributed by atoms with Gasteiger partial charge in [0, 0.05) is 4.47 Å². The van der Waals surface area contributed by atoms with Crippen molar-refractivity contribution in [2.75, 3.05) is 0 Å². The Kier molecular flexibility index (Phi) is 1.42. The average molecular weight is 215 g/mol. The molecule has 2 aromatic rings. The van der Waals surface area contributed by atoms with E-state index in [4.69, 9.17) is 0 Å². The number of halogens is 2. The van der Waals surface area contributed by atoms with Crippen LogP contribution in [0, 0.1) is 5.82 Å². The molecule has 0 bridgehead atoms. The molecule has 0 aliphatic carbocycles. The van der Waals surface area contributed by atoms with Crippen LogP contribution in [0.5, 0.6) is 0 Å². The summed E-state index contributed by atoms with van der Waals surface area (Å²) in [6.45, 7) is 0. The van der Waals surface area contributed by atoms with E-state index in [9.17, 15) is 4.39 Å². The highest BCUT2D eigenvalue weighted by molar-refractivity contribution is 9.10. The van der Waals surface area contributed by atoms with Crippen molar-refractivity contribution >= 4 is 27.0 Å². The van der Waals surface area contributed by atoms with E-state index in [1.165, 1.54) is 18.5 Å². The maximum absolute atomic E-state index is 12.7. The molecule has 1 N–H and O–H groups in total. The Balaban J connectivity index is 2.91. The number of hydrogen-bond donors (Lipinski definition) is 1. The Morgan fingerprint density at radius 1 is 1.45 bits per heavy atom. The van der Waals surface area contributed by atoms with E-state index in [1.807, 2.05) is 0 Å². The number of fused-ring (bicyclic) bond motifs is 1. The van der Waals surface area contributed by atoms with Crippen molar-refractivity contribution in [3.63, 3.8) is 0 Å². The van der Waals surface area contributed by atoms with E-state index in [-0.39, 0.29) is 5.82 Å². The van der Waals surface area contributed by atoms with Gasteiger partial charge in [0.25, 0.3) is 0 Å². The fourth-order valence-electron chi connectivity index (χ4n) is 0.974. The van der Waals surface area contributed by atoms with Crippen LogP contribution in [0.1, 0.15) is 0 Å². The van der Waals surface area contributed by atoms with Gasteiger partial charge >= 0.3 is 0 Å². The quantitative estimate of drug-likeness (QED) is 0.718. The van der Waals surface area contributed by atoms with E-state index < -0.39 is 0 Å². The van der Waals surface area contributed by atoms with Gasteiger partial charge in [-0.15, -0.1) is 0 Å². The predicted octanol–water partition coefficient (Wildman–Crippen LogP) is 2.46. The van der Waals surface area contributed by atoms with Crippen LogP contribution in [-0.2, 0) is 0 Å². The number of benzene rings is 1. The van der Waals surface area contributed by atoms with Crippen molar-refractivity contribution < 1.29 is 4.39 Å². The highest BCUT2D eigenvalue weighted by atomic mass is 79.9. The Bertz CT molecular complexity index is 396. The zero-order valence-electron chi connectivity index (χ0n) is 5.44. The topological polar surface area (TPSA) is 28.7 Å². The molecule has 0 saturated carbocycles. The summed E-state index contributed by atoms with van der Waals surface area (Å²) in [5.74, 6) is -0.270. The minimum absolute atomic E-state index is 0.270. The van der Waals surface area contributed by atoms with E-state index in [0.717, 1.165) is 5.52 Å². The summed E-state index contributed by atoms with van der Waals surface area (Å²) < 4.78 is 13.4. The Morgan fingerprint density at radius 3 is 3.09 bits per heavy atom. The van der Waals surface area contributed by atoms with E-state index >= 15 is 0 Å². The summed E-state index contributed by atoms with van der Waals surface area (Å²) in [5, 5.41) is 0. The van der Waals surface area contributed by atoms with Gasteiger partial charge in [-0.3, -0.25) is 0 Å². The molecule has 0 atom stereocenters. The van der Waals surface area contributed by atoms with Gasteiger partial charge in [0.2, 0.25) is 0 Å². The monoisotopic (exact) mass is 214 g/mol. The summed E-state index contributed by atoms with van der Waals surface area (Å²) in [4.78, 5) is 6.81. The molecule has 1 aromatic carbocycles. The SMILES string of the molecule is Fc1cc(Br)c2nc[nH]c2c1. The summed E-state index contributed by atoms with van der Waals surface area (Å²) >= 11 is 3.20. The molecule has 4 heteroatoms. The fourth-order valence-corrected chi connectivity index (χ4v) is 1.51. The van der Waals surface area contributed by atoms with E-state index in [0.29, 0.717) is 9.99 Å². The number of nitrogens with zero attached hydrogens (tertiary/aromatic N) is 1. The number of aromatic amines is 1. The second kappa shape index (κ2) is 2.30. The average Bonchev–Trinajstić information content (AvgIpc) is 2.34. The second-order valence-corrected chi connectivity index (χ2v) is 3.04. The van der Waals surface area contributed by atoms with E-state index in [1.54, 1.807) is 0 Å². The zero-order chi connectivity index (χ0) is 7.84. The normalized spacial score (nSPS) is 10.7. The number of rotatable bonds is 0. The smallest absolute Gasteiger partial charge is 0.126 e. The van der Waals surface area contributed by atoms with Crippen molar-refractivity contribution in [2.45, 2.75) is 0 Å². The van der Waals surface area contributed by atoms with Gasteiger partial charge in [0.05, 0.1) is 11.8 Å². The van der Waals surface area contributed by atoms with E-state index in [2.05, 4.69) is 25.9 Å². The van der Waals surface area contributed by atoms with Gasteiger partial charge in [0.15, 0.2) is 0 Å². The van der Waals surface area contributed by atoms with Gasteiger partial charge in [-0.05, 0) is 28.1 Å². The lowest BCUT2D eigenvalue weighted by Crippen LogP contribution is -1.76. The molecule has 0 aliphatic rings. The summed E-state index contributed by atoms with van der Waals surface area (Å²) in [6, 6.07) is 2.80. The first-order valence-electron chi connectivity index (χ1n) is 3.05. The standard InChI is InChI=1S/C7H4BrFN2/c8-5-1-4(9)2-6-7(5)11-3-10-6/h1-3H,(H,10,11). The summed E-state index contributed by atoms with van der Waals surface area (Å²) in [5.41, 5.74) is 1.46. The molecule has 0 aliphatic heterocycles. The first kappa shape index (κ1) is 6.79. The van der Waals surface area contributed by atoms with Gasteiger partial charge < -0.3 is 4.98 Å². The molecule has 0 amide bonds. The minimum Gasteiger partial charge on any atom is -0.344 e. The van der Waals surface area contributed by atoms with Crippen LogP contribution in [-0.4, -0.2) is 9.97 Å². The Morgan fingerprint density at radius 2 is 2.27 bits per heavy atom. The van der Waals surface area contributed by atoms with Gasteiger partial charge in [0.1, 0.15) is 11.3 Å². The third-order valence-corrected chi connectivity index (χ3v) is 2.05. The van der Waals surface area contributed by atoms with Crippen LogP contribution < -0.4 is 0 Å². The van der Waals surface area contributed by atoms with Crippen LogP contribution in [0.25, 0.3) is 11.0 Å². The number of imidazole rings is 1. The van der Waals surface area contributed by atoms with Crippen LogP contribution >= 0.6 is 15.9 Å². The van der Waals surface area contributed by atoms with Crippen molar-refractivity contribution in [3.05, 3.63) is 28.7 Å². The summed E-state index contributed by atoms with van der Waals surface area (Å²) in [7, 11) is 0. The summed E-state index contributed by atoms with van der Waals surface area (Å²) in [6.07, 6.45) is 1.54. The molecule has 1 heterocycles. The lowest BCUT2D eigenvalue weighted by atomic mass is 10.3. The molecular formula is C7H4BrFN2. The molecule has 0 radical (unpaired) electrons. The van der Waals surface area contributed by atoms with Gasteiger partial charge in [-0.25, -0.2) is 9.37 Å². The predicted molar refractivity (Wildman–Crippen MR) is 43.8 cm³/mol. The molecule has 56 valence electrons. The van der Waals surface area contributed by atoms with Gasteiger partial charge in [-0.1, -0.05) is 0 Å². The first-order valence-corrected chi connectivity index (χ1v) is 3.85. The molecule has 0 spiro atoms. The molecule has 0 saturated heterocycles. The van der Waals surface area contributed by atoms with Gasteiger partial charge in [-0.2, -0.15) is 0 Å². The second-order valence-electron chi connectivity index (χ2n) is 2.19. The molecule has 11 heavy (non-hydrogen) atoms. The van der Waals surface area contributed by atoms with Crippen molar-refractivity contribution in [1.29, 1.82) is 0 Å². The van der Waals surface area contributed by atoms with Crippen LogP contribution in [0.15, 0.2) is 22.9 Å². The first-order chi connectivity index (χ1) is 5.27. The highest BCUT2D eigenvalue weighted by Crippen LogP contribution is 2.21. The number of aromatic nitrogens is 2. The third kappa shape index (κ3) is 1.03. The number of hydrogen-bond acceptors (Lipinski definition) is 1. The molecule has 0 unspecified atom stereocenters. The highest BCUT2D eigenvalue weighted by Gasteiger charge is 2.02. The number of H-pyrrole nitrogens is 1. The third-order valence-electron chi connectivity index (χ3n) is 1.44. The largest absolute Gasteiger partial charge is 0.344 e. The number of nitrogens with one attached hydrogen (secondary N) is 1. The molecule has 2 rings (SSSR count). The maximum atomic E-state index is 12.7. The van der Waals surface area contributed by atoms with Crippen LogP contribution in [0.2, 0.25) is 0 Å². The van der Waals surface area contributed by atoms with Crippen molar-refractivity contribution in [2.24, 2.45) is 0 Å². The lowest BCUT2D eigenvalue weighted by molar-refractivity contribution is 0.628. The minimum atomic E-state index is -0.270. The van der Waals surface area contributed by atoms with Crippen LogP contribution in [0.4, 0.5) is 4.39 Å². The zero-order valence-corrected chi connectivity index (χ0v) is 7.02. The molecule has 2 nitrogen and oxygen atoms in total. The van der Waals surface area contributed by atoms with Crippen molar-refractivity contribution in [1.82, 2.24) is 9.97 Å².